The van der Waals surface area contributed by atoms with Crippen LogP contribution >= 0.6 is 0 Å². The molecule has 0 spiro atoms. The maximum absolute atomic E-state index is 3.55. The van der Waals surface area contributed by atoms with E-state index in [0.717, 1.165) is 6.04 Å². The average Bonchev–Trinajstić information content (AvgIpc) is 2.66. The summed E-state index contributed by atoms with van der Waals surface area (Å²) in [6.07, 6.45) is 6.95. The lowest BCUT2D eigenvalue weighted by molar-refractivity contribution is 0.197. The fourth-order valence-corrected chi connectivity index (χ4v) is 2.86. The van der Waals surface area contributed by atoms with Gasteiger partial charge in [0.1, 0.15) is 0 Å². The third-order valence-corrected chi connectivity index (χ3v) is 4.11. The number of hydrogen-bond acceptors (Lipinski definition) is 3. The Morgan fingerprint density at radius 3 is 2.81 bits per heavy atom. The van der Waals surface area contributed by atoms with E-state index in [1.54, 1.807) is 0 Å². The van der Waals surface area contributed by atoms with Gasteiger partial charge in [-0.25, -0.2) is 0 Å². The van der Waals surface area contributed by atoms with Crippen LogP contribution < -0.4 is 5.32 Å². The summed E-state index contributed by atoms with van der Waals surface area (Å²) in [6, 6.07) is 0.769. The molecule has 0 bridgehead atoms. The predicted molar refractivity (Wildman–Crippen MR) is 68.8 cm³/mol. The van der Waals surface area contributed by atoms with Gasteiger partial charge in [0, 0.05) is 25.7 Å². The van der Waals surface area contributed by atoms with Gasteiger partial charge in [-0.1, -0.05) is 6.42 Å². The average molecular weight is 225 g/mol. The van der Waals surface area contributed by atoms with Gasteiger partial charge in [0.05, 0.1) is 0 Å². The highest BCUT2D eigenvalue weighted by Crippen LogP contribution is 2.11. The molecule has 1 atom stereocenters. The summed E-state index contributed by atoms with van der Waals surface area (Å²) >= 11 is 0. The van der Waals surface area contributed by atoms with Gasteiger partial charge in [-0.2, -0.15) is 0 Å². The fourth-order valence-electron chi connectivity index (χ4n) is 2.86. The standard InChI is InChI=1S/C13H27N3/c1-15(10-11-16-8-4-5-9-16)13-6-2-3-7-14-12-13/h13-14H,2-12H2,1H3. The Morgan fingerprint density at radius 2 is 2.00 bits per heavy atom. The van der Waals surface area contributed by atoms with Gasteiger partial charge in [-0.3, -0.25) is 0 Å². The zero-order chi connectivity index (χ0) is 11.2. The van der Waals surface area contributed by atoms with Gasteiger partial charge in [-0.15, -0.1) is 0 Å². The highest BCUT2D eigenvalue weighted by Gasteiger charge is 2.18. The molecule has 2 rings (SSSR count). The molecule has 3 heteroatoms. The smallest absolute Gasteiger partial charge is 0.0218 e. The molecular weight excluding hydrogens is 198 g/mol. The van der Waals surface area contributed by atoms with Gasteiger partial charge in [0.15, 0.2) is 0 Å². The molecule has 0 aromatic carbocycles. The second-order valence-corrected chi connectivity index (χ2v) is 5.38. The minimum Gasteiger partial charge on any atom is -0.315 e. The summed E-state index contributed by atoms with van der Waals surface area (Å²) in [5.74, 6) is 0. The summed E-state index contributed by atoms with van der Waals surface area (Å²) in [4.78, 5) is 5.18. The molecule has 2 saturated heterocycles. The van der Waals surface area contributed by atoms with Crippen molar-refractivity contribution in [3.05, 3.63) is 0 Å². The van der Waals surface area contributed by atoms with Gasteiger partial charge in [0.2, 0.25) is 0 Å². The Labute approximate surface area is 100 Å². The molecule has 3 nitrogen and oxygen atoms in total. The topological polar surface area (TPSA) is 18.5 Å². The van der Waals surface area contributed by atoms with Gasteiger partial charge in [0.25, 0.3) is 0 Å². The molecule has 2 fully saturated rings. The van der Waals surface area contributed by atoms with Crippen LogP contribution in [0.4, 0.5) is 0 Å². The number of hydrogen-bond donors (Lipinski definition) is 1. The van der Waals surface area contributed by atoms with E-state index >= 15 is 0 Å². The molecule has 0 radical (unpaired) electrons. The fraction of sp³-hybridized carbons (Fsp3) is 1.00. The first kappa shape index (κ1) is 12.3. The van der Waals surface area contributed by atoms with Gasteiger partial charge in [-0.05, 0) is 52.4 Å². The van der Waals surface area contributed by atoms with Crippen LogP contribution in [0.2, 0.25) is 0 Å². The van der Waals surface area contributed by atoms with Crippen molar-refractivity contribution >= 4 is 0 Å². The highest BCUT2D eigenvalue weighted by molar-refractivity contribution is 4.76. The summed E-state index contributed by atoms with van der Waals surface area (Å²) in [7, 11) is 2.30. The number of nitrogens with zero attached hydrogens (tertiary/aromatic N) is 2. The summed E-state index contributed by atoms with van der Waals surface area (Å²) in [5, 5.41) is 3.55. The Morgan fingerprint density at radius 1 is 1.19 bits per heavy atom. The predicted octanol–water partition coefficient (Wildman–Crippen LogP) is 1.16. The Balaban J connectivity index is 1.66. The maximum Gasteiger partial charge on any atom is 0.0218 e. The van der Waals surface area contributed by atoms with Crippen molar-refractivity contribution in [1.29, 1.82) is 0 Å². The number of likely N-dealkylation sites (tertiary alicyclic amines) is 1. The zero-order valence-electron chi connectivity index (χ0n) is 10.7. The monoisotopic (exact) mass is 225 g/mol. The molecule has 16 heavy (non-hydrogen) atoms. The first-order chi connectivity index (χ1) is 7.86. The Bertz CT molecular complexity index is 182. The van der Waals surface area contributed by atoms with E-state index in [4.69, 9.17) is 0 Å². The molecule has 0 aromatic rings. The van der Waals surface area contributed by atoms with E-state index < -0.39 is 0 Å². The Hall–Kier alpha value is -0.120. The van der Waals surface area contributed by atoms with Crippen LogP contribution in [0.3, 0.4) is 0 Å². The van der Waals surface area contributed by atoms with Crippen molar-refractivity contribution in [1.82, 2.24) is 15.1 Å². The Kier molecular flexibility index (Phi) is 5.07. The molecule has 1 unspecified atom stereocenters. The molecule has 2 aliphatic heterocycles. The first-order valence-electron chi connectivity index (χ1n) is 6.99. The summed E-state index contributed by atoms with van der Waals surface area (Å²) in [6.45, 7) is 7.58. The minimum absolute atomic E-state index is 0.769. The highest BCUT2D eigenvalue weighted by atomic mass is 15.2. The lowest BCUT2D eigenvalue weighted by Gasteiger charge is -2.28. The van der Waals surface area contributed by atoms with Crippen LogP contribution in [0.1, 0.15) is 32.1 Å². The number of nitrogens with one attached hydrogen (secondary N) is 1. The van der Waals surface area contributed by atoms with Crippen molar-refractivity contribution in [2.24, 2.45) is 0 Å². The molecule has 94 valence electrons. The zero-order valence-corrected chi connectivity index (χ0v) is 10.7. The third kappa shape index (κ3) is 3.72. The van der Waals surface area contributed by atoms with Crippen molar-refractivity contribution in [2.75, 3.05) is 46.3 Å². The van der Waals surface area contributed by atoms with Crippen LogP contribution in [-0.4, -0.2) is 62.2 Å². The van der Waals surface area contributed by atoms with Crippen LogP contribution in [0.5, 0.6) is 0 Å². The quantitative estimate of drug-likeness (QED) is 0.774. The second kappa shape index (κ2) is 6.58. The maximum atomic E-state index is 3.55. The van der Waals surface area contributed by atoms with Crippen molar-refractivity contribution in [3.63, 3.8) is 0 Å². The van der Waals surface area contributed by atoms with Crippen LogP contribution in [-0.2, 0) is 0 Å². The number of rotatable bonds is 4. The van der Waals surface area contributed by atoms with Crippen LogP contribution in [0, 0.1) is 0 Å². The number of likely N-dealkylation sites (N-methyl/N-ethyl adjacent to an activating group) is 1. The molecule has 0 aliphatic carbocycles. The van der Waals surface area contributed by atoms with Crippen molar-refractivity contribution in [2.45, 2.75) is 38.1 Å². The van der Waals surface area contributed by atoms with Crippen molar-refractivity contribution < 1.29 is 0 Å². The van der Waals surface area contributed by atoms with Crippen LogP contribution in [0.15, 0.2) is 0 Å². The summed E-state index contributed by atoms with van der Waals surface area (Å²) < 4.78 is 0. The largest absolute Gasteiger partial charge is 0.315 e. The lowest BCUT2D eigenvalue weighted by Crippen LogP contribution is -2.42. The van der Waals surface area contributed by atoms with E-state index in [9.17, 15) is 0 Å². The van der Waals surface area contributed by atoms with E-state index in [0.29, 0.717) is 0 Å². The normalized spacial score (nSPS) is 28.5. The van der Waals surface area contributed by atoms with E-state index in [1.165, 1.54) is 71.4 Å². The molecule has 1 N–H and O–H groups in total. The molecule has 2 aliphatic rings. The van der Waals surface area contributed by atoms with E-state index in [2.05, 4.69) is 22.2 Å². The molecule has 2 heterocycles. The van der Waals surface area contributed by atoms with Crippen LogP contribution in [0.25, 0.3) is 0 Å². The van der Waals surface area contributed by atoms with E-state index in [1.807, 2.05) is 0 Å². The second-order valence-electron chi connectivity index (χ2n) is 5.38. The molecular formula is C13H27N3. The minimum atomic E-state index is 0.769. The molecule has 0 aromatic heterocycles. The lowest BCUT2D eigenvalue weighted by atomic mass is 10.1. The van der Waals surface area contributed by atoms with Gasteiger partial charge < -0.3 is 15.1 Å². The van der Waals surface area contributed by atoms with Crippen molar-refractivity contribution in [3.8, 4) is 0 Å². The SMILES string of the molecule is CN(CCN1CCCC1)C1CCCCNC1. The molecule has 0 amide bonds. The first-order valence-corrected chi connectivity index (χ1v) is 6.99. The molecule has 0 saturated carbocycles. The summed E-state index contributed by atoms with van der Waals surface area (Å²) in [5.41, 5.74) is 0. The third-order valence-electron chi connectivity index (χ3n) is 4.11. The van der Waals surface area contributed by atoms with Gasteiger partial charge >= 0.3 is 0 Å². The van der Waals surface area contributed by atoms with E-state index in [-0.39, 0.29) is 0 Å².